The van der Waals surface area contributed by atoms with Crippen molar-refractivity contribution in [3.63, 3.8) is 0 Å². The van der Waals surface area contributed by atoms with Crippen molar-refractivity contribution in [1.29, 1.82) is 5.26 Å². The van der Waals surface area contributed by atoms with Crippen molar-refractivity contribution in [3.8, 4) is 6.07 Å². The lowest BCUT2D eigenvalue weighted by Gasteiger charge is -2.26. The van der Waals surface area contributed by atoms with Crippen LogP contribution in [-0.2, 0) is 11.3 Å². The lowest BCUT2D eigenvalue weighted by molar-refractivity contribution is 0.0110. The molecule has 1 aromatic carbocycles. The van der Waals surface area contributed by atoms with Crippen molar-refractivity contribution in [1.82, 2.24) is 0 Å². The van der Waals surface area contributed by atoms with Gasteiger partial charge in [0.05, 0.1) is 12.7 Å². The molecule has 0 unspecified atom stereocenters. The fourth-order valence-electron chi connectivity index (χ4n) is 2.58. The Labute approximate surface area is 129 Å². The molecule has 1 aliphatic rings. The molecule has 0 N–H and O–H groups in total. The number of hydrogen-bond donors (Lipinski definition) is 0. The van der Waals surface area contributed by atoms with Gasteiger partial charge in [0.15, 0.2) is 5.83 Å². The Balaban J connectivity index is 1.71. The maximum Gasteiger partial charge on any atom is 0.199 e. The molecule has 0 heterocycles. The van der Waals surface area contributed by atoms with Crippen molar-refractivity contribution < 1.29 is 13.5 Å². The van der Waals surface area contributed by atoms with Gasteiger partial charge in [-0.3, -0.25) is 0 Å². The minimum absolute atomic E-state index is 0.223. The zero-order chi connectivity index (χ0) is 15.8. The maximum atomic E-state index is 12.8. The number of hydrogen-bond acceptors (Lipinski definition) is 2. The van der Waals surface area contributed by atoms with Crippen LogP contribution in [0.1, 0.15) is 31.2 Å². The molecule has 116 valence electrons. The standard InChI is InChI=1S/C18H19F2NO/c19-16-8-4-15(5-9-16)13-22-18-10-6-14(7-11-18)2-1-3-17(20)12-21/h1-5,8-9,14,18H,6-7,10-11,13H2/b2-1+,17-3-. The molecule has 1 aliphatic carbocycles. The highest BCUT2D eigenvalue weighted by Gasteiger charge is 2.19. The van der Waals surface area contributed by atoms with Crippen molar-refractivity contribution in [2.75, 3.05) is 0 Å². The van der Waals surface area contributed by atoms with Crippen molar-refractivity contribution in [3.05, 3.63) is 59.7 Å². The van der Waals surface area contributed by atoms with Gasteiger partial charge in [0.2, 0.25) is 0 Å². The van der Waals surface area contributed by atoms with Crippen LogP contribution in [0, 0.1) is 23.1 Å². The van der Waals surface area contributed by atoms with E-state index in [2.05, 4.69) is 0 Å². The van der Waals surface area contributed by atoms with Gasteiger partial charge in [-0.25, -0.2) is 4.39 Å². The van der Waals surface area contributed by atoms with E-state index in [-0.39, 0.29) is 11.9 Å². The minimum atomic E-state index is -0.771. The average Bonchev–Trinajstić information content (AvgIpc) is 2.55. The van der Waals surface area contributed by atoms with E-state index in [1.165, 1.54) is 24.3 Å². The summed E-state index contributed by atoms with van der Waals surface area (Å²) in [5.41, 5.74) is 0.973. The summed E-state index contributed by atoms with van der Waals surface area (Å²) in [6, 6.07) is 7.79. The van der Waals surface area contributed by atoms with Crippen LogP contribution in [0.4, 0.5) is 8.78 Å². The average molecular weight is 303 g/mol. The predicted octanol–water partition coefficient (Wildman–Crippen LogP) is 4.83. The first kappa shape index (κ1) is 16.4. The summed E-state index contributed by atoms with van der Waals surface area (Å²) in [7, 11) is 0. The molecule has 0 radical (unpaired) electrons. The molecule has 0 bridgehead atoms. The highest BCUT2D eigenvalue weighted by molar-refractivity contribution is 5.19. The highest BCUT2D eigenvalue weighted by Crippen LogP contribution is 2.27. The van der Waals surface area contributed by atoms with Gasteiger partial charge in [-0.1, -0.05) is 24.3 Å². The van der Waals surface area contributed by atoms with Gasteiger partial charge >= 0.3 is 0 Å². The van der Waals surface area contributed by atoms with Crippen LogP contribution in [0.2, 0.25) is 0 Å². The summed E-state index contributed by atoms with van der Waals surface area (Å²) >= 11 is 0. The summed E-state index contributed by atoms with van der Waals surface area (Å²) < 4.78 is 31.3. The SMILES string of the molecule is N#C/C(F)=C/C=C/C1CCC(OCc2ccc(F)cc2)CC1. The second-order valence-corrected chi connectivity index (χ2v) is 5.49. The third kappa shape index (κ3) is 5.42. The summed E-state index contributed by atoms with van der Waals surface area (Å²) in [6.45, 7) is 0.502. The molecule has 1 saturated carbocycles. The van der Waals surface area contributed by atoms with Gasteiger partial charge in [0.25, 0.3) is 0 Å². The Morgan fingerprint density at radius 1 is 1.23 bits per heavy atom. The van der Waals surface area contributed by atoms with E-state index in [0.717, 1.165) is 31.2 Å². The molecule has 1 aromatic rings. The van der Waals surface area contributed by atoms with Crippen LogP contribution in [0.25, 0.3) is 0 Å². The number of nitrogens with zero attached hydrogens (tertiary/aromatic N) is 1. The van der Waals surface area contributed by atoms with E-state index < -0.39 is 5.83 Å². The second-order valence-electron chi connectivity index (χ2n) is 5.49. The van der Waals surface area contributed by atoms with Gasteiger partial charge < -0.3 is 4.74 Å². The van der Waals surface area contributed by atoms with Gasteiger partial charge in [-0.05, 0) is 55.4 Å². The molecule has 0 aliphatic heterocycles. The maximum absolute atomic E-state index is 12.8. The Hall–Kier alpha value is -1.99. The quantitative estimate of drug-likeness (QED) is 0.576. The fraction of sp³-hybridized carbons (Fsp3) is 0.389. The van der Waals surface area contributed by atoms with Crippen LogP contribution in [-0.4, -0.2) is 6.10 Å². The molecule has 4 heteroatoms. The first-order valence-electron chi connectivity index (χ1n) is 7.47. The van der Waals surface area contributed by atoms with E-state index in [0.29, 0.717) is 12.5 Å². The number of nitriles is 1. The molecule has 2 rings (SSSR count). The molecular formula is C18H19F2NO. The van der Waals surface area contributed by atoms with Gasteiger partial charge in [0.1, 0.15) is 11.9 Å². The van der Waals surface area contributed by atoms with Gasteiger partial charge in [0, 0.05) is 0 Å². The number of rotatable bonds is 5. The van der Waals surface area contributed by atoms with Gasteiger partial charge in [-0.2, -0.15) is 9.65 Å². The van der Waals surface area contributed by atoms with E-state index >= 15 is 0 Å². The van der Waals surface area contributed by atoms with Crippen molar-refractivity contribution in [2.45, 2.75) is 38.4 Å². The largest absolute Gasteiger partial charge is 0.374 e. The first-order valence-corrected chi connectivity index (χ1v) is 7.47. The molecule has 2 nitrogen and oxygen atoms in total. The van der Waals surface area contributed by atoms with E-state index in [4.69, 9.17) is 10.00 Å². The predicted molar refractivity (Wildman–Crippen MR) is 80.9 cm³/mol. The first-order chi connectivity index (χ1) is 10.7. The molecule has 0 amide bonds. The van der Waals surface area contributed by atoms with Crippen LogP contribution < -0.4 is 0 Å². The Morgan fingerprint density at radius 2 is 1.91 bits per heavy atom. The molecule has 22 heavy (non-hydrogen) atoms. The lowest BCUT2D eigenvalue weighted by Crippen LogP contribution is -2.20. The van der Waals surface area contributed by atoms with E-state index in [1.807, 2.05) is 6.08 Å². The van der Waals surface area contributed by atoms with Crippen LogP contribution in [0.15, 0.2) is 48.3 Å². The van der Waals surface area contributed by atoms with Crippen molar-refractivity contribution >= 4 is 0 Å². The van der Waals surface area contributed by atoms with Crippen LogP contribution in [0.3, 0.4) is 0 Å². The van der Waals surface area contributed by atoms with Gasteiger partial charge in [-0.15, -0.1) is 0 Å². The fourth-order valence-corrected chi connectivity index (χ4v) is 2.58. The van der Waals surface area contributed by atoms with E-state index in [9.17, 15) is 8.78 Å². The van der Waals surface area contributed by atoms with Crippen LogP contribution in [0.5, 0.6) is 0 Å². The molecule has 1 fully saturated rings. The van der Waals surface area contributed by atoms with Crippen LogP contribution >= 0.6 is 0 Å². The van der Waals surface area contributed by atoms with E-state index in [1.54, 1.807) is 18.2 Å². The zero-order valence-electron chi connectivity index (χ0n) is 12.3. The molecule has 0 atom stereocenters. The number of halogens is 2. The third-order valence-electron chi connectivity index (χ3n) is 3.85. The Kier molecular flexibility index (Phi) is 6.29. The Bertz CT molecular complexity index is 564. The monoisotopic (exact) mass is 303 g/mol. The molecule has 0 aromatic heterocycles. The summed E-state index contributed by atoms with van der Waals surface area (Å²) in [6.07, 6.45) is 8.88. The summed E-state index contributed by atoms with van der Waals surface area (Å²) in [4.78, 5) is 0. The second kappa shape index (κ2) is 8.45. The smallest absolute Gasteiger partial charge is 0.199 e. The molecule has 0 spiro atoms. The number of benzene rings is 1. The summed E-state index contributed by atoms with van der Waals surface area (Å²) in [5, 5.41) is 8.31. The summed E-state index contributed by atoms with van der Waals surface area (Å²) in [5.74, 6) is -0.598. The number of ether oxygens (including phenoxy) is 1. The number of allylic oxidation sites excluding steroid dienone is 4. The normalized spacial score (nSPS) is 22.7. The molecule has 0 saturated heterocycles. The highest BCUT2D eigenvalue weighted by atomic mass is 19.1. The molecular weight excluding hydrogens is 284 g/mol. The third-order valence-corrected chi connectivity index (χ3v) is 3.85. The minimum Gasteiger partial charge on any atom is -0.374 e. The Morgan fingerprint density at radius 3 is 2.55 bits per heavy atom. The zero-order valence-corrected chi connectivity index (χ0v) is 12.3. The van der Waals surface area contributed by atoms with Crippen molar-refractivity contribution in [2.24, 2.45) is 5.92 Å². The lowest BCUT2D eigenvalue weighted by atomic mass is 9.87. The topological polar surface area (TPSA) is 33.0 Å².